The Morgan fingerprint density at radius 3 is 2.59 bits per heavy atom. The van der Waals surface area contributed by atoms with Crippen LogP contribution in [0.2, 0.25) is 0 Å². The summed E-state index contributed by atoms with van der Waals surface area (Å²) in [5, 5.41) is 2.45. The maximum Gasteiger partial charge on any atom is 0.408 e. The van der Waals surface area contributed by atoms with Crippen molar-refractivity contribution < 1.29 is 19.1 Å². The van der Waals surface area contributed by atoms with Crippen molar-refractivity contribution in [1.29, 1.82) is 0 Å². The van der Waals surface area contributed by atoms with E-state index in [9.17, 15) is 9.59 Å². The smallest absolute Gasteiger partial charge is 0.408 e. The third-order valence-corrected chi connectivity index (χ3v) is 2.34. The topological polar surface area (TPSA) is 64.6 Å². The van der Waals surface area contributed by atoms with E-state index in [1.165, 1.54) is 0 Å². The lowest BCUT2D eigenvalue weighted by Gasteiger charge is -2.22. The van der Waals surface area contributed by atoms with Gasteiger partial charge in [-0.3, -0.25) is 4.79 Å². The van der Waals surface area contributed by atoms with Crippen molar-refractivity contribution in [2.45, 2.75) is 51.7 Å². The molecule has 1 unspecified atom stereocenters. The Bertz CT molecular complexity index is 277. The minimum atomic E-state index is -0.568. The third-order valence-electron chi connectivity index (χ3n) is 2.34. The Kier molecular flexibility index (Phi) is 4.93. The molecule has 1 aliphatic heterocycles. The molecule has 5 nitrogen and oxygen atoms in total. The summed E-state index contributed by atoms with van der Waals surface area (Å²) in [5.41, 5.74) is -0.547. The largest absolute Gasteiger partial charge is 0.444 e. The van der Waals surface area contributed by atoms with Crippen LogP contribution in [0.1, 0.15) is 40.0 Å². The van der Waals surface area contributed by atoms with Gasteiger partial charge in [-0.15, -0.1) is 0 Å². The number of amides is 1. The lowest BCUT2D eigenvalue weighted by molar-refractivity contribution is -0.132. The van der Waals surface area contributed by atoms with Gasteiger partial charge >= 0.3 is 6.09 Å². The van der Waals surface area contributed by atoms with E-state index in [1.807, 2.05) is 0 Å². The minimum Gasteiger partial charge on any atom is -0.444 e. The highest BCUT2D eigenvalue weighted by molar-refractivity contribution is 5.87. The molecule has 0 aromatic carbocycles. The van der Waals surface area contributed by atoms with Gasteiger partial charge in [0.05, 0.1) is 6.54 Å². The van der Waals surface area contributed by atoms with Crippen LogP contribution < -0.4 is 5.32 Å². The van der Waals surface area contributed by atoms with Gasteiger partial charge < -0.3 is 14.8 Å². The number of hydrogen-bond acceptors (Lipinski definition) is 4. The van der Waals surface area contributed by atoms with Crippen LogP contribution in [0.3, 0.4) is 0 Å². The fourth-order valence-corrected chi connectivity index (χ4v) is 1.58. The molecule has 1 N–H and O–H groups in total. The van der Waals surface area contributed by atoms with E-state index in [4.69, 9.17) is 9.47 Å². The molecule has 1 rings (SSSR count). The second-order valence-corrected chi connectivity index (χ2v) is 5.18. The van der Waals surface area contributed by atoms with Crippen molar-refractivity contribution >= 4 is 11.9 Å². The van der Waals surface area contributed by atoms with Crippen molar-refractivity contribution in [1.82, 2.24) is 5.32 Å². The first-order valence-electron chi connectivity index (χ1n) is 5.99. The summed E-state index contributed by atoms with van der Waals surface area (Å²) in [6, 6.07) is 0. The van der Waals surface area contributed by atoms with Crippen LogP contribution in [0.4, 0.5) is 4.79 Å². The van der Waals surface area contributed by atoms with Gasteiger partial charge in [0.25, 0.3) is 0 Å². The summed E-state index contributed by atoms with van der Waals surface area (Å²) in [7, 11) is 0. The molecular formula is C12H21NO4. The highest BCUT2D eigenvalue weighted by Crippen LogP contribution is 2.13. The molecule has 0 spiro atoms. The normalized spacial score (nSPS) is 20.8. The first-order chi connectivity index (χ1) is 7.88. The zero-order valence-electron chi connectivity index (χ0n) is 10.7. The Hall–Kier alpha value is -1.10. The van der Waals surface area contributed by atoms with Gasteiger partial charge in [-0.05, 0) is 40.0 Å². The van der Waals surface area contributed by atoms with E-state index in [2.05, 4.69) is 5.32 Å². The fourth-order valence-electron chi connectivity index (χ4n) is 1.58. The van der Waals surface area contributed by atoms with Crippen molar-refractivity contribution in [2.75, 3.05) is 13.2 Å². The molecule has 1 fully saturated rings. The number of nitrogens with one attached hydrogen (secondary N) is 1. The molecule has 1 heterocycles. The van der Waals surface area contributed by atoms with Gasteiger partial charge in [0, 0.05) is 6.61 Å². The molecule has 1 aliphatic rings. The minimum absolute atomic E-state index is 0.0282. The summed E-state index contributed by atoms with van der Waals surface area (Å²) in [6.45, 7) is 5.93. The van der Waals surface area contributed by atoms with E-state index in [1.54, 1.807) is 20.8 Å². The summed E-state index contributed by atoms with van der Waals surface area (Å²) in [6.07, 6.45) is 1.82. The standard InChI is InChI=1S/C12H21NO4/c1-12(2,3)17-11(15)13-8-9(14)10-6-4-5-7-16-10/h10H,4-8H2,1-3H3,(H,13,15). The van der Waals surface area contributed by atoms with Crippen LogP contribution in [0.25, 0.3) is 0 Å². The molecule has 0 aliphatic carbocycles. The predicted octanol–water partition coefficient (Wildman–Crippen LogP) is 1.65. The van der Waals surface area contributed by atoms with Crippen LogP contribution >= 0.6 is 0 Å². The highest BCUT2D eigenvalue weighted by atomic mass is 16.6. The van der Waals surface area contributed by atoms with Crippen molar-refractivity contribution in [3.05, 3.63) is 0 Å². The van der Waals surface area contributed by atoms with E-state index in [-0.39, 0.29) is 18.4 Å². The maximum absolute atomic E-state index is 11.7. The molecule has 5 heteroatoms. The van der Waals surface area contributed by atoms with Gasteiger partial charge in [0.2, 0.25) is 0 Å². The summed E-state index contributed by atoms with van der Waals surface area (Å²) < 4.78 is 10.4. The van der Waals surface area contributed by atoms with Crippen molar-refractivity contribution in [2.24, 2.45) is 0 Å². The SMILES string of the molecule is CC(C)(C)OC(=O)NCC(=O)C1CCCCO1. The summed E-state index contributed by atoms with van der Waals surface area (Å²) >= 11 is 0. The number of carbonyl (C=O) groups is 2. The van der Waals surface area contributed by atoms with Gasteiger partial charge in [-0.2, -0.15) is 0 Å². The Balaban J connectivity index is 2.25. The molecule has 0 aromatic heterocycles. The molecule has 0 aromatic rings. The molecule has 1 atom stereocenters. The molecule has 0 saturated carbocycles. The van der Waals surface area contributed by atoms with E-state index in [0.717, 1.165) is 19.3 Å². The van der Waals surface area contributed by atoms with Crippen LogP contribution in [0, 0.1) is 0 Å². The van der Waals surface area contributed by atoms with Gasteiger partial charge in [-0.25, -0.2) is 4.79 Å². The number of rotatable bonds is 3. The molecule has 17 heavy (non-hydrogen) atoms. The molecular weight excluding hydrogens is 222 g/mol. The zero-order chi connectivity index (χ0) is 12.9. The highest BCUT2D eigenvalue weighted by Gasteiger charge is 2.23. The van der Waals surface area contributed by atoms with E-state index >= 15 is 0 Å². The maximum atomic E-state index is 11.7. The second kappa shape index (κ2) is 6.00. The first kappa shape index (κ1) is 14.0. The molecule has 98 valence electrons. The molecule has 0 bridgehead atoms. The number of Topliss-reactive ketones (excluding diaryl/α,β-unsaturated/α-hetero) is 1. The number of hydrogen-bond donors (Lipinski definition) is 1. The Labute approximate surface area is 102 Å². The van der Waals surface area contributed by atoms with E-state index < -0.39 is 11.7 Å². The van der Waals surface area contributed by atoms with Crippen LogP contribution in [0.5, 0.6) is 0 Å². The molecule has 1 saturated heterocycles. The lowest BCUT2D eigenvalue weighted by Crippen LogP contribution is -2.40. The average Bonchev–Trinajstić information content (AvgIpc) is 2.25. The zero-order valence-corrected chi connectivity index (χ0v) is 10.7. The Morgan fingerprint density at radius 1 is 1.35 bits per heavy atom. The molecule has 1 amide bonds. The predicted molar refractivity (Wildman–Crippen MR) is 62.8 cm³/mol. The number of ether oxygens (including phenoxy) is 2. The first-order valence-corrected chi connectivity index (χ1v) is 5.99. The number of alkyl carbamates (subject to hydrolysis) is 1. The van der Waals surface area contributed by atoms with E-state index in [0.29, 0.717) is 6.61 Å². The number of ketones is 1. The van der Waals surface area contributed by atoms with Gasteiger partial charge in [0.15, 0.2) is 5.78 Å². The third kappa shape index (κ3) is 5.68. The monoisotopic (exact) mass is 243 g/mol. The van der Waals surface area contributed by atoms with Gasteiger partial charge in [0.1, 0.15) is 11.7 Å². The van der Waals surface area contributed by atoms with Crippen LogP contribution in [-0.2, 0) is 14.3 Å². The average molecular weight is 243 g/mol. The fraction of sp³-hybridized carbons (Fsp3) is 0.833. The number of carbonyl (C=O) groups excluding carboxylic acids is 2. The lowest BCUT2D eigenvalue weighted by atomic mass is 10.1. The quantitative estimate of drug-likeness (QED) is 0.818. The van der Waals surface area contributed by atoms with Crippen LogP contribution in [-0.4, -0.2) is 36.7 Å². The molecule has 0 radical (unpaired) electrons. The van der Waals surface area contributed by atoms with Crippen molar-refractivity contribution in [3.8, 4) is 0 Å². The summed E-state index contributed by atoms with van der Waals surface area (Å²) in [5.74, 6) is -0.0874. The summed E-state index contributed by atoms with van der Waals surface area (Å²) in [4.78, 5) is 23.0. The second-order valence-electron chi connectivity index (χ2n) is 5.18. The van der Waals surface area contributed by atoms with Crippen LogP contribution in [0.15, 0.2) is 0 Å². The van der Waals surface area contributed by atoms with Crippen molar-refractivity contribution in [3.63, 3.8) is 0 Å². The van der Waals surface area contributed by atoms with Gasteiger partial charge in [-0.1, -0.05) is 0 Å². The Morgan fingerprint density at radius 2 is 2.06 bits per heavy atom.